The maximum absolute atomic E-state index is 13.6. The van der Waals surface area contributed by atoms with Crippen LogP contribution in [-0.2, 0) is 14.4 Å². The van der Waals surface area contributed by atoms with E-state index in [9.17, 15) is 19.5 Å². The second-order valence-corrected chi connectivity index (χ2v) is 10.8. The van der Waals surface area contributed by atoms with Crippen LogP contribution < -0.4 is 5.32 Å². The number of carboxylic acid groups (broad SMARTS) is 1. The highest BCUT2D eigenvalue weighted by molar-refractivity contribution is 5.89. The largest absolute Gasteiger partial charge is 0.481 e. The third-order valence-corrected chi connectivity index (χ3v) is 7.16. The molecule has 2 heterocycles. The highest BCUT2D eigenvalue weighted by Crippen LogP contribution is 2.30. The smallest absolute Gasteiger partial charge is 0.305 e. The minimum absolute atomic E-state index is 0.0424. The molecule has 3 atom stereocenters. The summed E-state index contributed by atoms with van der Waals surface area (Å²) in [4.78, 5) is 46.6. The number of aromatic nitrogens is 1. The Hall–Kier alpha value is -3.26. The summed E-state index contributed by atoms with van der Waals surface area (Å²) in [6.07, 6.45) is 4.75. The number of hydrogen-bond acceptors (Lipinski definition) is 5. The van der Waals surface area contributed by atoms with E-state index in [0.29, 0.717) is 24.9 Å². The van der Waals surface area contributed by atoms with Crippen molar-refractivity contribution in [1.82, 2.24) is 20.1 Å². The molecular formula is C29H40N4O4. The molecule has 0 bridgehead atoms. The van der Waals surface area contributed by atoms with Crippen molar-refractivity contribution >= 4 is 17.8 Å². The fraction of sp³-hybridized carbons (Fsp3) is 0.517. The molecule has 1 saturated heterocycles. The van der Waals surface area contributed by atoms with Gasteiger partial charge in [0, 0.05) is 37.0 Å². The summed E-state index contributed by atoms with van der Waals surface area (Å²) in [5.41, 5.74) is 4.72. The molecule has 1 unspecified atom stereocenters. The van der Waals surface area contributed by atoms with Crippen LogP contribution in [0.15, 0.2) is 36.7 Å². The van der Waals surface area contributed by atoms with Crippen molar-refractivity contribution in [3.05, 3.63) is 53.3 Å². The van der Waals surface area contributed by atoms with Gasteiger partial charge in [-0.3, -0.25) is 19.4 Å². The van der Waals surface area contributed by atoms with Crippen LogP contribution in [0.25, 0.3) is 11.1 Å². The number of nitrogens with zero attached hydrogens (tertiary/aromatic N) is 3. The number of amides is 2. The second kappa shape index (κ2) is 12.3. The van der Waals surface area contributed by atoms with Gasteiger partial charge in [-0.1, -0.05) is 32.0 Å². The van der Waals surface area contributed by atoms with E-state index in [1.807, 2.05) is 71.0 Å². The lowest BCUT2D eigenvalue weighted by atomic mass is 9.94. The van der Waals surface area contributed by atoms with Gasteiger partial charge in [-0.2, -0.15) is 0 Å². The summed E-state index contributed by atoms with van der Waals surface area (Å²) in [6, 6.07) is 6.69. The molecule has 3 rings (SSSR count). The Morgan fingerprint density at radius 2 is 1.86 bits per heavy atom. The van der Waals surface area contributed by atoms with Crippen molar-refractivity contribution in [2.45, 2.75) is 71.5 Å². The van der Waals surface area contributed by atoms with Gasteiger partial charge in [-0.05, 0) is 75.0 Å². The first-order chi connectivity index (χ1) is 17.5. The number of pyridine rings is 1. The molecule has 1 fully saturated rings. The molecule has 1 aliphatic heterocycles. The van der Waals surface area contributed by atoms with Gasteiger partial charge in [0.15, 0.2) is 0 Å². The first-order valence-electron chi connectivity index (χ1n) is 13.0. The molecule has 0 radical (unpaired) electrons. The molecule has 1 aliphatic rings. The SMILES string of the molecule is Cc1cccc(C)c1-c1cncc([C@H](CC(=O)O)NC(=O)[C@H](CC(C)C)N2CCC(N(C)C)CC2=O)c1. The van der Waals surface area contributed by atoms with E-state index in [0.717, 1.165) is 28.7 Å². The number of carbonyl (C=O) groups excluding carboxylic acids is 2. The maximum Gasteiger partial charge on any atom is 0.305 e. The molecule has 8 nitrogen and oxygen atoms in total. The van der Waals surface area contributed by atoms with Crippen molar-refractivity contribution in [2.24, 2.45) is 5.92 Å². The highest BCUT2D eigenvalue weighted by atomic mass is 16.4. The number of likely N-dealkylation sites (tertiary alicyclic amines) is 1. The summed E-state index contributed by atoms with van der Waals surface area (Å²) in [5, 5.41) is 12.6. The van der Waals surface area contributed by atoms with Crippen LogP contribution in [-0.4, -0.2) is 70.4 Å². The van der Waals surface area contributed by atoms with Crippen molar-refractivity contribution in [2.75, 3.05) is 20.6 Å². The maximum atomic E-state index is 13.6. The van der Waals surface area contributed by atoms with Gasteiger partial charge in [-0.25, -0.2) is 0 Å². The van der Waals surface area contributed by atoms with Crippen molar-refractivity contribution in [1.29, 1.82) is 0 Å². The average molecular weight is 509 g/mol. The normalized spacial score (nSPS) is 17.7. The van der Waals surface area contributed by atoms with E-state index in [1.54, 1.807) is 17.3 Å². The first-order valence-corrected chi connectivity index (χ1v) is 13.0. The van der Waals surface area contributed by atoms with Gasteiger partial charge in [0.2, 0.25) is 11.8 Å². The predicted octanol–water partition coefficient (Wildman–Crippen LogP) is 3.96. The van der Waals surface area contributed by atoms with Crippen LogP contribution in [0.4, 0.5) is 0 Å². The van der Waals surface area contributed by atoms with Gasteiger partial charge in [0.25, 0.3) is 0 Å². The number of rotatable bonds is 10. The zero-order valence-electron chi connectivity index (χ0n) is 22.8. The summed E-state index contributed by atoms with van der Waals surface area (Å²) < 4.78 is 0. The van der Waals surface area contributed by atoms with Crippen molar-refractivity contribution in [3.8, 4) is 11.1 Å². The topological polar surface area (TPSA) is 103 Å². The van der Waals surface area contributed by atoms with Crippen LogP contribution in [0.3, 0.4) is 0 Å². The quantitative estimate of drug-likeness (QED) is 0.504. The minimum atomic E-state index is -1.02. The Morgan fingerprint density at radius 3 is 2.43 bits per heavy atom. The number of benzene rings is 1. The first kappa shape index (κ1) is 28.3. The van der Waals surface area contributed by atoms with Gasteiger partial charge >= 0.3 is 5.97 Å². The van der Waals surface area contributed by atoms with E-state index in [-0.39, 0.29) is 30.2 Å². The zero-order chi connectivity index (χ0) is 27.3. The molecule has 2 amide bonds. The summed E-state index contributed by atoms with van der Waals surface area (Å²) in [6.45, 7) is 8.59. The Balaban J connectivity index is 1.89. The standard InChI is InChI=1S/C29H40N4O4/c1-18(2)12-25(33-11-10-23(32(5)6)14-26(33)34)29(37)31-24(15-27(35)36)21-13-22(17-30-16-21)28-19(3)8-7-9-20(28)4/h7-9,13,16-18,23-25H,10-12,14-15H2,1-6H3,(H,31,37)(H,35,36)/t23?,24-,25-/m0/s1. The van der Waals surface area contributed by atoms with Gasteiger partial charge in [0.1, 0.15) is 6.04 Å². The second-order valence-electron chi connectivity index (χ2n) is 10.8. The van der Waals surface area contributed by atoms with Gasteiger partial charge in [-0.15, -0.1) is 0 Å². The number of carboxylic acids is 1. The minimum Gasteiger partial charge on any atom is -0.481 e. The van der Waals surface area contributed by atoms with Crippen LogP contribution >= 0.6 is 0 Å². The molecular weight excluding hydrogens is 468 g/mol. The van der Waals surface area contributed by atoms with Crippen LogP contribution in [0.1, 0.15) is 62.3 Å². The highest BCUT2D eigenvalue weighted by Gasteiger charge is 2.36. The number of hydrogen-bond donors (Lipinski definition) is 2. The van der Waals surface area contributed by atoms with E-state index < -0.39 is 18.1 Å². The number of piperidine rings is 1. The molecule has 1 aromatic carbocycles. The van der Waals surface area contributed by atoms with Crippen LogP contribution in [0.2, 0.25) is 0 Å². The van der Waals surface area contributed by atoms with E-state index in [4.69, 9.17) is 0 Å². The van der Waals surface area contributed by atoms with Gasteiger partial charge < -0.3 is 20.2 Å². The molecule has 0 saturated carbocycles. The van der Waals surface area contributed by atoms with E-state index >= 15 is 0 Å². The monoisotopic (exact) mass is 508 g/mol. The fourth-order valence-corrected chi connectivity index (χ4v) is 5.18. The molecule has 0 aliphatic carbocycles. The van der Waals surface area contributed by atoms with Crippen LogP contribution in [0.5, 0.6) is 0 Å². The molecule has 2 N–H and O–H groups in total. The fourth-order valence-electron chi connectivity index (χ4n) is 5.18. The zero-order valence-corrected chi connectivity index (χ0v) is 22.8. The van der Waals surface area contributed by atoms with E-state index in [1.165, 1.54) is 0 Å². The summed E-state index contributed by atoms with van der Waals surface area (Å²) >= 11 is 0. The Kier molecular flexibility index (Phi) is 9.43. The average Bonchev–Trinajstić information content (AvgIpc) is 2.82. The Morgan fingerprint density at radius 1 is 1.19 bits per heavy atom. The molecule has 0 spiro atoms. The summed E-state index contributed by atoms with van der Waals surface area (Å²) in [5.74, 6) is -1.21. The molecule has 1 aromatic heterocycles. The Labute approximate surface area is 220 Å². The van der Waals surface area contributed by atoms with Crippen molar-refractivity contribution < 1.29 is 19.5 Å². The lowest BCUT2D eigenvalue weighted by molar-refractivity contribution is -0.145. The lowest BCUT2D eigenvalue weighted by Crippen LogP contribution is -2.55. The lowest BCUT2D eigenvalue weighted by Gasteiger charge is -2.39. The number of nitrogens with one attached hydrogen (secondary N) is 1. The number of aliphatic carboxylic acids is 1. The third kappa shape index (κ3) is 7.16. The molecule has 37 heavy (non-hydrogen) atoms. The van der Waals surface area contributed by atoms with Gasteiger partial charge in [0.05, 0.1) is 12.5 Å². The number of aryl methyl sites for hydroxylation is 2. The molecule has 2 aromatic rings. The summed E-state index contributed by atoms with van der Waals surface area (Å²) in [7, 11) is 3.92. The van der Waals surface area contributed by atoms with Crippen LogP contribution in [0, 0.1) is 19.8 Å². The predicted molar refractivity (Wildman–Crippen MR) is 144 cm³/mol. The van der Waals surface area contributed by atoms with Crippen molar-refractivity contribution in [3.63, 3.8) is 0 Å². The number of carbonyl (C=O) groups is 3. The molecule has 200 valence electrons. The molecule has 8 heteroatoms. The van der Waals surface area contributed by atoms with E-state index in [2.05, 4.69) is 10.3 Å². The Bertz CT molecular complexity index is 1110. The third-order valence-electron chi connectivity index (χ3n) is 7.16.